The third kappa shape index (κ3) is 3.80. The summed E-state index contributed by atoms with van der Waals surface area (Å²) in [4.78, 5) is 0. The highest BCUT2D eigenvalue weighted by Gasteiger charge is 2.18. The van der Waals surface area contributed by atoms with Gasteiger partial charge in [-0.15, -0.1) is 0 Å². The van der Waals surface area contributed by atoms with Gasteiger partial charge in [0.1, 0.15) is 0 Å². The maximum absolute atomic E-state index is 9.16. The van der Waals surface area contributed by atoms with Gasteiger partial charge in [0, 0.05) is 31.9 Å². The number of ether oxygens (including phenoxy) is 1. The molecule has 3 nitrogen and oxygen atoms in total. The van der Waals surface area contributed by atoms with Crippen LogP contribution in [-0.4, -0.2) is 31.0 Å². The molecule has 3 heteroatoms. The van der Waals surface area contributed by atoms with Gasteiger partial charge in [0.05, 0.1) is 0 Å². The fraction of sp³-hybridized carbons (Fsp3) is 0.571. The topological polar surface area (TPSA) is 41.5 Å². The van der Waals surface area contributed by atoms with Crippen LogP contribution in [0.3, 0.4) is 0 Å². The lowest BCUT2D eigenvalue weighted by Gasteiger charge is -2.28. The van der Waals surface area contributed by atoms with Crippen LogP contribution in [0, 0.1) is 0 Å². The van der Waals surface area contributed by atoms with Crippen molar-refractivity contribution in [1.29, 1.82) is 0 Å². The van der Waals surface area contributed by atoms with Gasteiger partial charge in [0.15, 0.2) is 0 Å². The Hall–Kier alpha value is -0.900. The molecule has 0 amide bonds. The minimum atomic E-state index is 0.218. The Bertz CT molecular complexity index is 309. The standard InChI is InChI=1S/C14H21NO2/c16-9-6-14(12-4-2-1-3-5-12)15-13-7-10-17-11-8-13/h1-5,13-16H,6-11H2/t14-/m1/s1. The summed E-state index contributed by atoms with van der Waals surface area (Å²) in [5.74, 6) is 0. The van der Waals surface area contributed by atoms with Gasteiger partial charge in [0.25, 0.3) is 0 Å². The zero-order valence-corrected chi connectivity index (χ0v) is 10.1. The fourth-order valence-electron chi connectivity index (χ4n) is 2.31. The maximum Gasteiger partial charge on any atom is 0.0480 e. The molecular formula is C14H21NO2. The summed E-state index contributed by atoms with van der Waals surface area (Å²) in [7, 11) is 0. The molecule has 0 aliphatic carbocycles. The summed E-state index contributed by atoms with van der Waals surface area (Å²) >= 11 is 0. The molecule has 0 radical (unpaired) electrons. The monoisotopic (exact) mass is 235 g/mol. The van der Waals surface area contributed by atoms with Crippen molar-refractivity contribution < 1.29 is 9.84 Å². The smallest absolute Gasteiger partial charge is 0.0480 e. The molecule has 1 saturated heterocycles. The van der Waals surface area contributed by atoms with E-state index in [1.807, 2.05) is 18.2 Å². The lowest BCUT2D eigenvalue weighted by atomic mass is 10.0. The molecule has 2 rings (SSSR count). The first kappa shape index (κ1) is 12.6. The van der Waals surface area contributed by atoms with Gasteiger partial charge >= 0.3 is 0 Å². The van der Waals surface area contributed by atoms with Crippen LogP contribution >= 0.6 is 0 Å². The van der Waals surface area contributed by atoms with E-state index in [4.69, 9.17) is 9.84 Å². The van der Waals surface area contributed by atoms with Gasteiger partial charge < -0.3 is 15.2 Å². The van der Waals surface area contributed by atoms with E-state index in [1.165, 1.54) is 5.56 Å². The molecule has 1 aromatic rings. The van der Waals surface area contributed by atoms with Crippen LogP contribution in [-0.2, 0) is 4.74 Å². The van der Waals surface area contributed by atoms with E-state index < -0.39 is 0 Å². The number of nitrogens with one attached hydrogen (secondary N) is 1. The molecule has 1 atom stereocenters. The molecule has 0 spiro atoms. The van der Waals surface area contributed by atoms with Crippen molar-refractivity contribution >= 4 is 0 Å². The average Bonchev–Trinajstić information content (AvgIpc) is 2.40. The van der Waals surface area contributed by atoms with E-state index in [-0.39, 0.29) is 12.6 Å². The van der Waals surface area contributed by atoms with Crippen molar-refractivity contribution in [2.24, 2.45) is 0 Å². The summed E-state index contributed by atoms with van der Waals surface area (Å²) in [6.45, 7) is 1.91. The van der Waals surface area contributed by atoms with Gasteiger partial charge in [-0.1, -0.05) is 30.3 Å². The van der Waals surface area contributed by atoms with E-state index in [9.17, 15) is 0 Å². The van der Waals surface area contributed by atoms with Crippen molar-refractivity contribution in [3.63, 3.8) is 0 Å². The Morgan fingerprint density at radius 2 is 1.94 bits per heavy atom. The summed E-state index contributed by atoms with van der Waals surface area (Å²) < 4.78 is 5.36. The van der Waals surface area contributed by atoms with Crippen molar-refractivity contribution in [3.05, 3.63) is 35.9 Å². The maximum atomic E-state index is 9.16. The third-order valence-corrected chi connectivity index (χ3v) is 3.28. The molecule has 1 heterocycles. The Morgan fingerprint density at radius 1 is 1.24 bits per heavy atom. The van der Waals surface area contributed by atoms with Crippen molar-refractivity contribution in [2.75, 3.05) is 19.8 Å². The highest BCUT2D eigenvalue weighted by Crippen LogP contribution is 2.19. The number of rotatable bonds is 5. The van der Waals surface area contributed by atoms with Crippen LogP contribution in [0.2, 0.25) is 0 Å². The van der Waals surface area contributed by atoms with Crippen LogP contribution < -0.4 is 5.32 Å². The SMILES string of the molecule is OCC[C@@H](NC1CCOCC1)c1ccccc1. The lowest BCUT2D eigenvalue weighted by Crippen LogP contribution is -2.37. The van der Waals surface area contributed by atoms with Crippen LogP contribution in [0.25, 0.3) is 0 Å². The van der Waals surface area contributed by atoms with E-state index >= 15 is 0 Å². The van der Waals surface area contributed by atoms with E-state index in [0.29, 0.717) is 6.04 Å². The zero-order chi connectivity index (χ0) is 11.9. The van der Waals surface area contributed by atoms with Gasteiger partial charge in [-0.05, 0) is 24.8 Å². The summed E-state index contributed by atoms with van der Waals surface area (Å²) in [5.41, 5.74) is 1.26. The second-order valence-corrected chi connectivity index (χ2v) is 4.53. The van der Waals surface area contributed by atoms with E-state index in [0.717, 1.165) is 32.5 Å². The predicted molar refractivity (Wildman–Crippen MR) is 67.9 cm³/mol. The Morgan fingerprint density at radius 3 is 2.59 bits per heavy atom. The first-order valence-electron chi connectivity index (χ1n) is 6.40. The largest absolute Gasteiger partial charge is 0.396 e. The van der Waals surface area contributed by atoms with E-state index in [2.05, 4.69) is 17.4 Å². The molecule has 1 fully saturated rings. The summed E-state index contributed by atoms with van der Waals surface area (Å²) in [5, 5.41) is 12.8. The molecule has 0 unspecified atom stereocenters. The minimum Gasteiger partial charge on any atom is -0.396 e. The third-order valence-electron chi connectivity index (χ3n) is 3.28. The number of benzene rings is 1. The molecule has 0 saturated carbocycles. The number of hydrogen-bond acceptors (Lipinski definition) is 3. The first-order valence-corrected chi connectivity index (χ1v) is 6.40. The van der Waals surface area contributed by atoms with Gasteiger partial charge in [-0.2, -0.15) is 0 Å². The first-order chi connectivity index (χ1) is 8.40. The molecule has 17 heavy (non-hydrogen) atoms. The van der Waals surface area contributed by atoms with Gasteiger partial charge in [-0.3, -0.25) is 0 Å². The van der Waals surface area contributed by atoms with Crippen molar-refractivity contribution in [1.82, 2.24) is 5.32 Å². The number of aliphatic hydroxyl groups is 1. The zero-order valence-electron chi connectivity index (χ0n) is 10.1. The summed E-state index contributed by atoms with van der Waals surface area (Å²) in [6, 6.07) is 11.1. The highest BCUT2D eigenvalue weighted by molar-refractivity contribution is 5.19. The number of hydrogen-bond donors (Lipinski definition) is 2. The van der Waals surface area contributed by atoms with Crippen molar-refractivity contribution in [2.45, 2.75) is 31.3 Å². The van der Waals surface area contributed by atoms with Crippen LogP contribution in [0.1, 0.15) is 30.9 Å². The molecule has 1 aliphatic rings. The Labute approximate surface area is 103 Å². The molecular weight excluding hydrogens is 214 g/mol. The predicted octanol–water partition coefficient (Wildman–Crippen LogP) is 1.88. The van der Waals surface area contributed by atoms with Gasteiger partial charge in [-0.25, -0.2) is 0 Å². The normalized spacial score (nSPS) is 19.1. The number of aliphatic hydroxyl groups excluding tert-OH is 1. The molecule has 1 aliphatic heterocycles. The second-order valence-electron chi connectivity index (χ2n) is 4.53. The van der Waals surface area contributed by atoms with Crippen molar-refractivity contribution in [3.8, 4) is 0 Å². The molecule has 0 aromatic heterocycles. The Kier molecular flexibility index (Phi) is 4.98. The molecule has 0 bridgehead atoms. The molecule has 1 aromatic carbocycles. The Balaban J connectivity index is 1.96. The van der Waals surface area contributed by atoms with Crippen LogP contribution in [0.4, 0.5) is 0 Å². The molecule has 94 valence electrons. The quantitative estimate of drug-likeness (QED) is 0.818. The van der Waals surface area contributed by atoms with Crippen LogP contribution in [0.15, 0.2) is 30.3 Å². The molecule has 2 N–H and O–H groups in total. The fourth-order valence-corrected chi connectivity index (χ4v) is 2.31. The lowest BCUT2D eigenvalue weighted by molar-refractivity contribution is 0.0736. The van der Waals surface area contributed by atoms with E-state index in [1.54, 1.807) is 0 Å². The second kappa shape index (κ2) is 6.74. The highest BCUT2D eigenvalue weighted by atomic mass is 16.5. The average molecular weight is 235 g/mol. The van der Waals surface area contributed by atoms with Gasteiger partial charge in [0.2, 0.25) is 0 Å². The summed E-state index contributed by atoms with van der Waals surface area (Å²) in [6.07, 6.45) is 2.89. The van der Waals surface area contributed by atoms with Crippen LogP contribution in [0.5, 0.6) is 0 Å². The minimum absolute atomic E-state index is 0.218.